The standard InChI is InChI=1S/C25H14BrF10N3O4/c1-38(21(41)12-5-7-15(8-6-12)39(42)43)16-4-2-3-13(9-16)20(40)37-19-17(23(28,29)30)10-14(11-18(19)26)22(27,24(31,32)33)25(34,35)36/h2-11H,1H3,(H,37,40). The van der Waals surface area contributed by atoms with Crippen LogP contribution < -0.4 is 10.2 Å². The molecule has 3 rings (SSSR count). The van der Waals surface area contributed by atoms with Crippen molar-refractivity contribution in [1.29, 1.82) is 0 Å². The number of nitro groups is 1. The summed E-state index contributed by atoms with van der Waals surface area (Å²) in [5.74, 6) is -2.05. The van der Waals surface area contributed by atoms with Gasteiger partial charge in [0.1, 0.15) is 0 Å². The highest BCUT2D eigenvalue weighted by atomic mass is 79.9. The minimum Gasteiger partial charge on any atom is -0.320 e. The quantitative estimate of drug-likeness (QED) is 0.161. The van der Waals surface area contributed by atoms with E-state index in [-0.39, 0.29) is 23.0 Å². The molecule has 2 amide bonds. The van der Waals surface area contributed by atoms with Gasteiger partial charge in [0, 0.05) is 46.0 Å². The summed E-state index contributed by atoms with van der Waals surface area (Å²) < 4.78 is 134. The molecule has 0 spiro atoms. The monoisotopic (exact) mass is 689 g/mol. The molecule has 0 bridgehead atoms. The number of nitrogens with one attached hydrogen (secondary N) is 1. The van der Waals surface area contributed by atoms with E-state index < -0.39 is 73.9 Å². The van der Waals surface area contributed by atoms with Crippen molar-refractivity contribution in [2.45, 2.75) is 24.2 Å². The predicted octanol–water partition coefficient (Wildman–Crippen LogP) is 8.19. The third-order valence-corrected chi connectivity index (χ3v) is 6.56. The Bertz CT molecular complexity index is 1560. The smallest absolute Gasteiger partial charge is 0.320 e. The summed E-state index contributed by atoms with van der Waals surface area (Å²) >= 11 is 2.40. The second-order valence-corrected chi connectivity index (χ2v) is 9.56. The Hall–Kier alpha value is -4.22. The molecule has 18 heteroatoms. The molecule has 3 aromatic carbocycles. The number of hydrogen-bond donors (Lipinski definition) is 1. The lowest BCUT2D eigenvalue weighted by atomic mass is 9.92. The zero-order valence-electron chi connectivity index (χ0n) is 21.0. The molecule has 0 aliphatic carbocycles. The van der Waals surface area contributed by atoms with Crippen molar-refractivity contribution >= 4 is 44.8 Å². The van der Waals surface area contributed by atoms with Crippen LogP contribution in [-0.4, -0.2) is 36.1 Å². The second kappa shape index (κ2) is 11.5. The number of rotatable bonds is 6. The molecule has 1 N–H and O–H groups in total. The predicted molar refractivity (Wildman–Crippen MR) is 134 cm³/mol. The summed E-state index contributed by atoms with van der Waals surface area (Å²) in [6.07, 6.45) is -19.1. The van der Waals surface area contributed by atoms with Gasteiger partial charge in [-0.15, -0.1) is 0 Å². The molecule has 43 heavy (non-hydrogen) atoms. The number of hydrogen-bond acceptors (Lipinski definition) is 4. The first kappa shape index (κ1) is 33.3. The molecule has 0 unspecified atom stereocenters. The SMILES string of the molecule is CN(C(=O)c1ccc([N+](=O)[O-])cc1)c1cccc(C(=O)Nc2c(Br)cc(C(F)(C(F)(F)F)C(F)(F)F)cc2C(F)(F)F)c1. The Morgan fingerprint density at radius 1 is 0.837 bits per heavy atom. The van der Waals surface area contributed by atoms with Crippen LogP contribution in [0.25, 0.3) is 0 Å². The summed E-state index contributed by atoms with van der Waals surface area (Å²) in [5, 5.41) is 12.6. The van der Waals surface area contributed by atoms with Gasteiger partial charge in [-0.05, 0) is 58.4 Å². The lowest BCUT2D eigenvalue weighted by Gasteiger charge is -2.31. The van der Waals surface area contributed by atoms with Gasteiger partial charge in [-0.2, -0.15) is 39.5 Å². The Morgan fingerprint density at radius 3 is 1.88 bits per heavy atom. The van der Waals surface area contributed by atoms with E-state index in [0.717, 1.165) is 41.3 Å². The van der Waals surface area contributed by atoms with Crippen molar-refractivity contribution in [3.63, 3.8) is 0 Å². The minimum atomic E-state index is -6.70. The number of halogens is 11. The zero-order chi connectivity index (χ0) is 32.7. The molecular weight excluding hydrogens is 676 g/mol. The number of alkyl halides is 10. The number of anilines is 2. The van der Waals surface area contributed by atoms with E-state index >= 15 is 0 Å². The average Bonchev–Trinajstić information content (AvgIpc) is 2.90. The molecule has 0 aliphatic heterocycles. The van der Waals surface area contributed by atoms with Crippen molar-refractivity contribution in [2.24, 2.45) is 0 Å². The maximum atomic E-state index is 14.5. The molecule has 0 saturated heterocycles. The Morgan fingerprint density at radius 2 is 1.40 bits per heavy atom. The van der Waals surface area contributed by atoms with Crippen molar-refractivity contribution in [2.75, 3.05) is 17.3 Å². The average molecular weight is 690 g/mol. The van der Waals surface area contributed by atoms with Gasteiger partial charge in [-0.3, -0.25) is 19.7 Å². The van der Waals surface area contributed by atoms with Gasteiger partial charge >= 0.3 is 24.2 Å². The van der Waals surface area contributed by atoms with Crippen LogP contribution in [0.3, 0.4) is 0 Å². The molecular formula is C25H14BrF10N3O4. The Balaban J connectivity index is 2.00. The molecule has 0 atom stereocenters. The number of carbonyl (C=O) groups is 2. The number of nitro benzene ring substituents is 1. The van der Waals surface area contributed by atoms with Crippen LogP contribution >= 0.6 is 15.9 Å². The number of nitrogens with zero attached hydrogens (tertiary/aromatic N) is 2. The van der Waals surface area contributed by atoms with Gasteiger partial charge in [0.25, 0.3) is 17.5 Å². The Labute approximate surface area is 242 Å². The molecule has 7 nitrogen and oxygen atoms in total. The van der Waals surface area contributed by atoms with E-state index in [2.05, 4.69) is 15.9 Å². The molecule has 0 fully saturated rings. The van der Waals surface area contributed by atoms with Gasteiger partial charge in [-0.1, -0.05) is 6.07 Å². The van der Waals surface area contributed by atoms with Crippen LogP contribution in [-0.2, 0) is 11.8 Å². The van der Waals surface area contributed by atoms with Crippen molar-refractivity contribution < 1.29 is 58.4 Å². The Kier molecular flexibility index (Phi) is 8.87. The van der Waals surface area contributed by atoms with E-state index in [1.807, 2.05) is 0 Å². The molecule has 0 aliphatic rings. The van der Waals surface area contributed by atoms with Crippen molar-refractivity contribution in [3.05, 3.63) is 97.5 Å². The highest BCUT2D eigenvalue weighted by Crippen LogP contribution is 2.55. The fourth-order valence-electron chi connectivity index (χ4n) is 3.72. The minimum absolute atomic E-state index is 0.000900. The number of carbonyl (C=O) groups excluding carboxylic acids is 2. The van der Waals surface area contributed by atoms with E-state index in [1.165, 1.54) is 19.2 Å². The molecule has 0 aromatic heterocycles. The first-order valence-electron chi connectivity index (χ1n) is 11.3. The van der Waals surface area contributed by atoms with Crippen LogP contribution in [0.1, 0.15) is 31.8 Å². The first-order valence-corrected chi connectivity index (χ1v) is 12.1. The number of benzene rings is 3. The first-order chi connectivity index (χ1) is 19.6. The van der Waals surface area contributed by atoms with Crippen LogP contribution in [0.5, 0.6) is 0 Å². The maximum absolute atomic E-state index is 14.5. The van der Waals surface area contributed by atoms with Crippen LogP contribution in [0, 0.1) is 10.1 Å². The van der Waals surface area contributed by atoms with Crippen molar-refractivity contribution in [1.82, 2.24) is 0 Å². The van der Waals surface area contributed by atoms with Gasteiger partial charge in [0.05, 0.1) is 16.2 Å². The van der Waals surface area contributed by atoms with Gasteiger partial charge in [0.15, 0.2) is 0 Å². The van der Waals surface area contributed by atoms with Crippen molar-refractivity contribution in [3.8, 4) is 0 Å². The number of amides is 2. The van der Waals surface area contributed by atoms with Crippen LogP contribution in [0.4, 0.5) is 61.0 Å². The fourth-order valence-corrected chi connectivity index (χ4v) is 4.28. The summed E-state index contributed by atoms with van der Waals surface area (Å²) in [5.41, 5.74) is -12.9. The zero-order valence-corrected chi connectivity index (χ0v) is 22.5. The van der Waals surface area contributed by atoms with Gasteiger partial charge in [0.2, 0.25) is 0 Å². The molecule has 0 heterocycles. The third-order valence-electron chi connectivity index (χ3n) is 5.94. The fraction of sp³-hybridized carbons (Fsp3) is 0.200. The van der Waals surface area contributed by atoms with E-state index in [4.69, 9.17) is 0 Å². The topological polar surface area (TPSA) is 92.6 Å². The van der Waals surface area contributed by atoms with Crippen LogP contribution in [0.15, 0.2) is 65.1 Å². The molecule has 0 radical (unpaired) electrons. The summed E-state index contributed by atoms with van der Waals surface area (Å²) in [6, 6.07) is 8.14. The third kappa shape index (κ3) is 6.57. The lowest BCUT2D eigenvalue weighted by molar-refractivity contribution is -0.384. The van der Waals surface area contributed by atoms with Gasteiger partial charge in [-0.25, -0.2) is 4.39 Å². The molecule has 0 saturated carbocycles. The largest absolute Gasteiger partial charge is 0.435 e. The summed E-state index contributed by atoms with van der Waals surface area (Å²) in [4.78, 5) is 36.7. The maximum Gasteiger partial charge on any atom is 0.435 e. The van der Waals surface area contributed by atoms with Gasteiger partial charge < -0.3 is 10.2 Å². The number of non-ortho nitro benzene ring substituents is 1. The molecule has 3 aromatic rings. The van der Waals surface area contributed by atoms with E-state index in [0.29, 0.717) is 0 Å². The second-order valence-electron chi connectivity index (χ2n) is 8.70. The van der Waals surface area contributed by atoms with E-state index in [1.54, 1.807) is 5.32 Å². The lowest BCUT2D eigenvalue weighted by Crippen LogP contribution is -2.50. The summed E-state index contributed by atoms with van der Waals surface area (Å²) in [6.45, 7) is 0. The highest BCUT2D eigenvalue weighted by Gasteiger charge is 2.73. The van der Waals surface area contributed by atoms with Crippen LogP contribution in [0.2, 0.25) is 0 Å². The molecule has 230 valence electrons. The summed E-state index contributed by atoms with van der Waals surface area (Å²) in [7, 11) is 1.24. The van der Waals surface area contributed by atoms with E-state index in [9.17, 15) is 63.6 Å². The normalized spacial score (nSPS) is 12.6. The highest BCUT2D eigenvalue weighted by molar-refractivity contribution is 9.10.